The number of aliphatic hydroxyl groups is 1. The average molecular weight is 279 g/mol. The van der Waals surface area contributed by atoms with E-state index in [2.05, 4.69) is 25.8 Å². The van der Waals surface area contributed by atoms with Crippen molar-refractivity contribution >= 4 is 11.3 Å². The molecule has 1 aromatic heterocycles. The minimum absolute atomic E-state index is 0.0405. The van der Waals surface area contributed by atoms with Gasteiger partial charge in [0.1, 0.15) is 11.9 Å². The summed E-state index contributed by atoms with van der Waals surface area (Å²) >= 11 is 1.52. The van der Waals surface area contributed by atoms with Gasteiger partial charge in [-0.2, -0.15) is 0 Å². The minimum atomic E-state index is -0.873. The largest absolute Gasteiger partial charge is 0.382 e. The molecule has 0 saturated heterocycles. The van der Waals surface area contributed by atoms with Crippen LogP contribution in [0.4, 0.5) is 4.39 Å². The molecule has 4 heteroatoms. The fourth-order valence-electron chi connectivity index (χ4n) is 1.71. The van der Waals surface area contributed by atoms with E-state index < -0.39 is 6.10 Å². The summed E-state index contributed by atoms with van der Waals surface area (Å²) in [5.41, 5.74) is 1.65. The van der Waals surface area contributed by atoms with Gasteiger partial charge >= 0.3 is 0 Å². The first kappa shape index (κ1) is 14.2. The van der Waals surface area contributed by atoms with Crippen LogP contribution in [0.2, 0.25) is 0 Å². The van der Waals surface area contributed by atoms with Crippen LogP contribution in [0.1, 0.15) is 48.7 Å². The Hall–Kier alpha value is -1.26. The number of aromatic nitrogens is 1. The number of aliphatic hydroxyl groups excluding tert-OH is 1. The van der Waals surface area contributed by atoms with Gasteiger partial charge in [-0.05, 0) is 24.1 Å². The van der Waals surface area contributed by atoms with E-state index in [1.165, 1.54) is 17.4 Å². The van der Waals surface area contributed by atoms with Gasteiger partial charge in [0.05, 0.1) is 10.7 Å². The van der Waals surface area contributed by atoms with E-state index in [0.29, 0.717) is 16.8 Å². The lowest BCUT2D eigenvalue weighted by Gasteiger charge is -2.14. The van der Waals surface area contributed by atoms with Crippen molar-refractivity contribution in [1.29, 1.82) is 0 Å². The normalized spacial score (nSPS) is 13.6. The minimum Gasteiger partial charge on any atom is -0.382 e. The Kier molecular flexibility index (Phi) is 3.74. The summed E-state index contributed by atoms with van der Waals surface area (Å²) in [6, 6.07) is 4.78. The highest BCUT2D eigenvalue weighted by molar-refractivity contribution is 7.09. The first-order chi connectivity index (χ1) is 8.79. The molecule has 0 aliphatic rings. The summed E-state index contributed by atoms with van der Waals surface area (Å²) in [6.07, 6.45) is -0.873. The van der Waals surface area contributed by atoms with Crippen molar-refractivity contribution in [3.63, 3.8) is 0 Å². The van der Waals surface area contributed by atoms with Gasteiger partial charge in [-0.15, -0.1) is 11.3 Å². The predicted octanol–water partition coefficient (Wildman–Crippen LogP) is 3.97. The number of hydrogen-bond acceptors (Lipinski definition) is 3. The number of benzene rings is 1. The topological polar surface area (TPSA) is 33.1 Å². The van der Waals surface area contributed by atoms with Crippen LogP contribution in [-0.2, 0) is 5.41 Å². The number of aryl methyl sites for hydroxylation is 1. The second-order valence-corrected chi connectivity index (χ2v) is 6.60. The summed E-state index contributed by atoms with van der Waals surface area (Å²) in [5, 5.41) is 13.1. The fraction of sp³-hybridized carbons (Fsp3) is 0.400. The van der Waals surface area contributed by atoms with E-state index in [1.54, 1.807) is 19.1 Å². The molecule has 1 unspecified atom stereocenters. The highest BCUT2D eigenvalue weighted by Gasteiger charge is 2.21. The molecule has 102 valence electrons. The lowest BCUT2D eigenvalue weighted by atomic mass is 9.98. The number of hydrogen-bond donors (Lipinski definition) is 1. The summed E-state index contributed by atoms with van der Waals surface area (Å²) in [4.78, 5) is 4.46. The van der Waals surface area contributed by atoms with E-state index in [9.17, 15) is 9.50 Å². The maximum Gasteiger partial charge on any atom is 0.126 e. The summed E-state index contributed by atoms with van der Waals surface area (Å²) < 4.78 is 13.5. The molecule has 19 heavy (non-hydrogen) atoms. The van der Waals surface area contributed by atoms with Gasteiger partial charge in [0.2, 0.25) is 0 Å². The van der Waals surface area contributed by atoms with Crippen LogP contribution in [0, 0.1) is 12.7 Å². The third-order valence-electron chi connectivity index (χ3n) is 2.96. The van der Waals surface area contributed by atoms with Gasteiger partial charge in [-0.25, -0.2) is 9.37 Å². The SMILES string of the molecule is Cc1ccc(C(O)c2csc(C(C)(C)C)n2)cc1F. The summed E-state index contributed by atoms with van der Waals surface area (Å²) in [5.74, 6) is -0.303. The third kappa shape index (κ3) is 3.01. The predicted molar refractivity (Wildman–Crippen MR) is 76.0 cm³/mol. The Labute approximate surface area is 116 Å². The molecule has 2 nitrogen and oxygen atoms in total. The maximum atomic E-state index is 13.5. The molecule has 0 amide bonds. The van der Waals surface area contributed by atoms with Gasteiger partial charge in [0.15, 0.2) is 0 Å². The van der Waals surface area contributed by atoms with Crippen LogP contribution in [0.15, 0.2) is 23.6 Å². The van der Waals surface area contributed by atoms with Crippen molar-refractivity contribution in [1.82, 2.24) is 4.98 Å². The number of rotatable bonds is 2. The van der Waals surface area contributed by atoms with Crippen LogP contribution < -0.4 is 0 Å². The molecular weight excluding hydrogens is 261 g/mol. The monoisotopic (exact) mass is 279 g/mol. The van der Waals surface area contributed by atoms with Crippen molar-refractivity contribution in [2.75, 3.05) is 0 Å². The molecule has 0 saturated carbocycles. The first-order valence-corrected chi connectivity index (χ1v) is 7.07. The number of thiazole rings is 1. The zero-order chi connectivity index (χ0) is 14.2. The lowest BCUT2D eigenvalue weighted by Crippen LogP contribution is -2.11. The second-order valence-electron chi connectivity index (χ2n) is 5.74. The Bertz CT molecular complexity index is 586. The van der Waals surface area contributed by atoms with Crippen molar-refractivity contribution in [2.24, 2.45) is 0 Å². The van der Waals surface area contributed by atoms with Crippen molar-refractivity contribution in [3.8, 4) is 0 Å². The molecule has 1 aromatic carbocycles. The Balaban J connectivity index is 2.31. The summed E-state index contributed by atoms with van der Waals surface area (Å²) in [6.45, 7) is 7.93. The molecule has 0 bridgehead atoms. The van der Waals surface area contributed by atoms with Gasteiger partial charge in [0.25, 0.3) is 0 Å². The van der Waals surface area contributed by atoms with Gasteiger partial charge in [-0.1, -0.05) is 32.9 Å². The van der Waals surface area contributed by atoms with Crippen molar-refractivity contribution in [3.05, 3.63) is 51.2 Å². The molecular formula is C15H18FNOS. The molecule has 0 aliphatic carbocycles. The van der Waals surface area contributed by atoms with Crippen LogP contribution in [0.3, 0.4) is 0 Å². The van der Waals surface area contributed by atoms with E-state index in [4.69, 9.17) is 0 Å². The van der Waals surface area contributed by atoms with E-state index in [1.807, 2.05) is 5.38 Å². The smallest absolute Gasteiger partial charge is 0.126 e. The lowest BCUT2D eigenvalue weighted by molar-refractivity contribution is 0.215. The zero-order valence-corrected chi connectivity index (χ0v) is 12.4. The number of halogens is 1. The molecule has 1 atom stereocenters. The molecule has 1 heterocycles. The third-order valence-corrected chi connectivity index (χ3v) is 4.24. The van der Waals surface area contributed by atoms with Crippen molar-refractivity contribution < 1.29 is 9.50 Å². The van der Waals surface area contributed by atoms with Gasteiger partial charge in [-0.3, -0.25) is 0 Å². The molecule has 2 aromatic rings. The summed E-state index contributed by atoms with van der Waals surface area (Å²) in [7, 11) is 0. The van der Waals surface area contributed by atoms with E-state index >= 15 is 0 Å². The molecule has 2 rings (SSSR count). The maximum absolute atomic E-state index is 13.5. The zero-order valence-electron chi connectivity index (χ0n) is 11.6. The van der Waals surface area contributed by atoms with Crippen LogP contribution in [0.25, 0.3) is 0 Å². The average Bonchev–Trinajstić information content (AvgIpc) is 2.81. The highest BCUT2D eigenvalue weighted by atomic mass is 32.1. The Morgan fingerprint density at radius 2 is 2.00 bits per heavy atom. The van der Waals surface area contributed by atoms with Gasteiger partial charge < -0.3 is 5.11 Å². The second kappa shape index (κ2) is 5.02. The Morgan fingerprint density at radius 3 is 2.53 bits per heavy atom. The molecule has 0 fully saturated rings. The molecule has 1 N–H and O–H groups in total. The Morgan fingerprint density at radius 1 is 1.32 bits per heavy atom. The highest BCUT2D eigenvalue weighted by Crippen LogP contribution is 2.30. The molecule has 0 aliphatic heterocycles. The van der Waals surface area contributed by atoms with Crippen LogP contribution >= 0.6 is 11.3 Å². The first-order valence-electron chi connectivity index (χ1n) is 6.19. The number of nitrogens with zero attached hydrogens (tertiary/aromatic N) is 1. The van der Waals surface area contributed by atoms with Crippen LogP contribution in [-0.4, -0.2) is 10.1 Å². The quantitative estimate of drug-likeness (QED) is 0.902. The van der Waals surface area contributed by atoms with Crippen LogP contribution in [0.5, 0.6) is 0 Å². The van der Waals surface area contributed by atoms with Gasteiger partial charge in [0, 0.05) is 10.8 Å². The van der Waals surface area contributed by atoms with Crippen molar-refractivity contribution in [2.45, 2.75) is 39.2 Å². The van der Waals surface area contributed by atoms with E-state index in [0.717, 1.165) is 5.01 Å². The standard InChI is InChI=1S/C15H18FNOS/c1-9-5-6-10(7-11(9)16)13(18)12-8-19-14(17-12)15(2,3)4/h5-8,13,18H,1-4H3. The van der Waals surface area contributed by atoms with E-state index in [-0.39, 0.29) is 11.2 Å². The fourth-order valence-corrected chi connectivity index (χ4v) is 2.63. The molecule has 0 spiro atoms. The molecule has 0 radical (unpaired) electrons.